The smallest absolute Gasteiger partial charge is 0.115 e. The Kier molecular flexibility index (Phi) is 3.81. The number of aryl methyl sites for hydroxylation is 1. The molecule has 0 saturated heterocycles. The molecular weight excluding hydrogens is 266 g/mol. The van der Waals surface area contributed by atoms with Gasteiger partial charge >= 0.3 is 0 Å². The number of nitrogens with one attached hydrogen (secondary N) is 1. The van der Waals surface area contributed by atoms with Crippen LogP contribution in [0.15, 0.2) is 35.7 Å². The van der Waals surface area contributed by atoms with Gasteiger partial charge < -0.3 is 10.4 Å². The number of phenols is 1. The summed E-state index contributed by atoms with van der Waals surface area (Å²) in [6.45, 7) is 4.54. The molecule has 1 aromatic heterocycles. The first-order valence-electron chi connectivity index (χ1n) is 7.26. The Hall–Kier alpha value is -1.32. The fourth-order valence-corrected chi connectivity index (χ4v) is 4.02. The Morgan fingerprint density at radius 1 is 1.30 bits per heavy atom. The lowest BCUT2D eigenvalue weighted by Gasteiger charge is -2.26. The zero-order valence-corrected chi connectivity index (χ0v) is 12.8. The average molecular weight is 287 g/mol. The highest BCUT2D eigenvalue weighted by atomic mass is 32.1. The van der Waals surface area contributed by atoms with Gasteiger partial charge in [-0.15, -0.1) is 11.3 Å². The van der Waals surface area contributed by atoms with Crippen molar-refractivity contribution in [3.05, 3.63) is 51.7 Å². The Labute approximate surface area is 124 Å². The van der Waals surface area contributed by atoms with Crippen molar-refractivity contribution in [2.75, 3.05) is 0 Å². The van der Waals surface area contributed by atoms with E-state index in [0.29, 0.717) is 23.8 Å². The van der Waals surface area contributed by atoms with Crippen LogP contribution >= 0.6 is 11.3 Å². The minimum absolute atomic E-state index is 0.378. The van der Waals surface area contributed by atoms with E-state index >= 15 is 0 Å². The summed E-state index contributed by atoms with van der Waals surface area (Å²) in [7, 11) is 0. The van der Waals surface area contributed by atoms with E-state index in [9.17, 15) is 5.11 Å². The van der Waals surface area contributed by atoms with Gasteiger partial charge in [0.25, 0.3) is 0 Å². The first-order valence-corrected chi connectivity index (χ1v) is 8.14. The molecule has 1 aliphatic rings. The number of aromatic hydroxyl groups is 1. The minimum atomic E-state index is 0.378. The number of hydrogen-bond acceptors (Lipinski definition) is 3. The maximum absolute atomic E-state index is 9.58. The molecule has 106 valence electrons. The van der Waals surface area contributed by atoms with Gasteiger partial charge in [0.05, 0.1) is 0 Å². The molecule has 2 nitrogen and oxygen atoms in total. The van der Waals surface area contributed by atoms with Crippen molar-refractivity contribution in [2.24, 2.45) is 5.92 Å². The van der Waals surface area contributed by atoms with Gasteiger partial charge in [-0.05, 0) is 53.5 Å². The third-order valence-corrected chi connectivity index (χ3v) is 5.06. The third kappa shape index (κ3) is 2.60. The van der Waals surface area contributed by atoms with Crippen molar-refractivity contribution in [3.63, 3.8) is 0 Å². The van der Waals surface area contributed by atoms with Crippen LogP contribution in [-0.4, -0.2) is 5.11 Å². The minimum Gasteiger partial charge on any atom is -0.508 e. The number of hydrogen-bond donors (Lipinski definition) is 2. The molecule has 0 amide bonds. The van der Waals surface area contributed by atoms with Gasteiger partial charge in [0, 0.05) is 17.0 Å². The Bertz CT molecular complexity index is 577. The number of thiophene rings is 1. The fourth-order valence-electron chi connectivity index (χ4n) is 3.07. The Morgan fingerprint density at radius 2 is 2.15 bits per heavy atom. The molecule has 2 aromatic rings. The SMILES string of the molecule is CC(C)C(NC1CCc2cc(O)ccc21)c1cccs1. The zero-order valence-electron chi connectivity index (χ0n) is 12.0. The highest BCUT2D eigenvalue weighted by molar-refractivity contribution is 7.10. The molecule has 2 N–H and O–H groups in total. The number of benzene rings is 1. The molecular formula is C17H21NOS. The van der Waals surface area contributed by atoms with E-state index < -0.39 is 0 Å². The molecule has 20 heavy (non-hydrogen) atoms. The van der Waals surface area contributed by atoms with Crippen LogP contribution in [0, 0.1) is 5.92 Å². The fraction of sp³-hybridized carbons (Fsp3) is 0.412. The topological polar surface area (TPSA) is 32.3 Å². The Morgan fingerprint density at radius 3 is 2.85 bits per heavy atom. The molecule has 2 unspecified atom stereocenters. The average Bonchev–Trinajstić information content (AvgIpc) is 3.04. The van der Waals surface area contributed by atoms with E-state index in [1.165, 1.54) is 16.0 Å². The molecule has 2 atom stereocenters. The van der Waals surface area contributed by atoms with Crippen LogP contribution in [-0.2, 0) is 6.42 Å². The summed E-state index contributed by atoms with van der Waals surface area (Å²) in [5.74, 6) is 0.942. The molecule has 1 aliphatic carbocycles. The molecule has 0 radical (unpaired) electrons. The second kappa shape index (κ2) is 5.58. The van der Waals surface area contributed by atoms with Crippen molar-refractivity contribution in [3.8, 4) is 5.75 Å². The summed E-state index contributed by atoms with van der Waals surface area (Å²) in [4.78, 5) is 1.41. The van der Waals surface area contributed by atoms with Crippen LogP contribution in [0.1, 0.15) is 48.4 Å². The van der Waals surface area contributed by atoms with E-state index in [0.717, 1.165) is 12.8 Å². The number of fused-ring (bicyclic) bond motifs is 1. The molecule has 1 heterocycles. The largest absolute Gasteiger partial charge is 0.508 e. The van der Waals surface area contributed by atoms with Crippen molar-refractivity contribution in [1.82, 2.24) is 5.32 Å². The van der Waals surface area contributed by atoms with Crippen molar-refractivity contribution >= 4 is 11.3 Å². The van der Waals surface area contributed by atoms with E-state index in [1.807, 2.05) is 17.4 Å². The van der Waals surface area contributed by atoms with Crippen molar-refractivity contribution in [2.45, 2.75) is 38.8 Å². The molecule has 0 aliphatic heterocycles. The van der Waals surface area contributed by atoms with Gasteiger partial charge in [-0.3, -0.25) is 0 Å². The first-order chi connectivity index (χ1) is 9.65. The van der Waals surface area contributed by atoms with E-state index in [2.05, 4.69) is 42.7 Å². The van der Waals surface area contributed by atoms with E-state index in [1.54, 1.807) is 6.07 Å². The van der Waals surface area contributed by atoms with Crippen LogP contribution in [0.5, 0.6) is 5.75 Å². The zero-order chi connectivity index (χ0) is 14.1. The summed E-state index contributed by atoms with van der Waals surface area (Å²) in [5.41, 5.74) is 2.64. The second-order valence-electron chi connectivity index (χ2n) is 5.88. The monoisotopic (exact) mass is 287 g/mol. The molecule has 3 heteroatoms. The highest BCUT2D eigenvalue weighted by Crippen LogP contribution is 2.37. The van der Waals surface area contributed by atoms with Gasteiger partial charge in [-0.2, -0.15) is 0 Å². The summed E-state index contributed by atoms with van der Waals surface area (Å²) < 4.78 is 0. The third-order valence-electron chi connectivity index (χ3n) is 4.10. The quantitative estimate of drug-likeness (QED) is 0.872. The first kappa shape index (κ1) is 13.7. The maximum Gasteiger partial charge on any atom is 0.115 e. The second-order valence-corrected chi connectivity index (χ2v) is 6.86. The lowest BCUT2D eigenvalue weighted by atomic mass is 10.00. The predicted molar refractivity (Wildman–Crippen MR) is 84.2 cm³/mol. The van der Waals surface area contributed by atoms with Crippen LogP contribution in [0.4, 0.5) is 0 Å². The molecule has 0 spiro atoms. The van der Waals surface area contributed by atoms with Gasteiger partial charge in [0.15, 0.2) is 0 Å². The van der Waals surface area contributed by atoms with Crippen LogP contribution in [0.25, 0.3) is 0 Å². The van der Waals surface area contributed by atoms with Crippen molar-refractivity contribution < 1.29 is 5.11 Å². The van der Waals surface area contributed by atoms with Gasteiger partial charge in [-0.25, -0.2) is 0 Å². The van der Waals surface area contributed by atoms with Gasteiger partial charge in [0.2, 0.25) is 0 Å². The van der Waals surface area contributed by atoms with Crippen LogP contribution in [0.2, 0.25) is 0 Å². The maximum atomic E-state index is 9.58. The lowest BCUT2D eigenvalue weighted by Crippen LogP contribution is -2.28. The van der Waals surface area contributed by atoms with E-state index in [-0.39, 0.29) is 0 Å². The molecule has 3 rings (SSSR count). The lowest BCUT2D eigenvalue weighted by molar-refractivity contribution is 0.366. The summed E-state index contributed by atoms with van der Waals surface area (Å²) in [5, 5.41) is 15.6. The summed E-state index contributed by atoms with van der Waals surface area (Å²) >= 11 is 1.82. The number of phenolic OH excluding ortho intramolecular Hbond substituents is 1. The van der Waals surface area contributed by atoms with Crippen molar-refractivity contribution in [1.29, 1.82) is 0 Å². The summed E-state index contributed by atoms with van der Waals surface area (Å²) in [6, 6.07) is 10.9. The predicted octanol–water partition coefficient (Wildman–Crippen LogP) is 4.43. The normalized spacial score (nSPS) is 19.2. The summed E-state index contributed by atoms with van der Waals surface area (Å²) in [6.07, 6.45) is 2.17. The van der Waals surface area contributed by atoms with Gasteiger partial charge in [-0.1, -0.05) is 26.0 Å². The van der Waals surface area contributed by atoms with Crippen LogP contribution in [0.3, 0.4) is 0 Å². The molecule has 0 fully saturated rings. The number of rotatable bonds is 4. The van der Waals surface area contributed by atoms with Gasteiger partial charge in [0.1, 0.15) is 5.75 Å². The van der Waals surface area contributed by atoms with E-state index in [4.69, 9.17) is 0 Å². The Balaban J connectivity index is 1.82. The molecule has 0 saturated carbocycles. The van der Waals surface area contributed by atoms with Crippen LogP contribution < -0.4 is 5.32 Å². The highest BCUT2D eigenvalue weighted by Gasteiger charge is 2.27. The standard InChI is InChI=1S/C17H21NOS/c1-11(2)17(16-4-3-9-20-16)18-15-8-5-12-10-13(19)6-7-14(12)15/h3-4,6-7,9-11,15,17-19H,5,8H2,1-2H3. The molecule has 0 bridgehead atoms. The molecule has 1 aromatic carbocycles.